The third-order valence-corrected chi connectivity index (χ3v) is 5.03. The van der Waals surface area contributed by atoms with Crippen molar-refractivity contribution in [3.63, 3.8) is 0 Å². The Balaban J connectivity index is 2.12. The van der Waals surface area contributed by atoms with E-state index >= 15 is 0 Å². The van der Waals surface area contributed by atoms with E-state index in [1.54, 1.807) is 0 Å². The predicted molar refractivity (Wildman–Crippen MR) is 70.5 cm³/mol. The molecule has 0 spiro atoms. The predicted octanol–water partition coefficient (Wildman–Crippen LogP) is 4.04. The van der Waals surface area contributed by atoms with Crippen LogP contribution in [0.1, 0.15) is 39.5 Å². The lowest BCUT2D eigenvalue weighted by molar-refractivity contribution is 0.500. The minimum absolute atomic E-state index is 0.906. The second-order valence-electron chi connectivity index (χ2n) is 3.72. The van der Waals surface area contributed by atoms with Gasteiger partial charge in [0.05, 0.1) is 6.54 Å². The van der Waals surface area contributed by atoms with Gasteiger partial charge in [-0.1, -0.05) is 56.6 Å². The molecule has 1 aliphatic heterocycles. The van der Waals surface area contributed by atoms with Crippen LogP contribution in [0.15, 0.2) is 4.99 Å². The summed E-state index contributed by atoms with van der Waals surface area (Å²) >= 11 is 3.91. The van der Waals surface area contributed by atoms with Crippen molar-refractivity contribution in [1.29, 1.82) is 0 Å². The maximum Gasteiger partial charge on any atom is 0.124 e. The molecule has 0 saturated carbocycles. The smallest absolute Gasteiger partial charge is 0.124 e. The van der Waals surface area contributed by atoms with Crippen LogP contribution >= 0.6 is 23.5 Å². The highest BCUT2D eigenvalue weighted by Gasteiger charge is 2.11. The van der Waals surface area contributed by atoms with E-state index < -0.39 is 0 Å². The Kier molecular flexibility index (Phi) is 6.78. The van der Waals surface area contributed by atoms with Crippen molar-refractivity contribution in [2.45, 2.75) is 39.5 Å². The van der Waals surface area contributed by atoms with Gasteiger partial charge in [0.15, 0.2) is 0 Å². The number of nitrogens with zero attached hydrogens (tertiary/aromatic N) is 1. The fourth-order valence-electron chi connectivity index (χ4n) is 1.49. The second kappa shape index (κ2) is 7.63. The summed E-state index contributed by atoms with van der Waals surface area (Å²) in [5.74, 6) is 3.39. The highest BCUT2D eigenvalue weighted by atomic mass is 32.2. The molecule has 1 aliphatic rings. The lowest BCUT2D eigenvalue weighted by Crippen LogP contribution is -2.03. The molecule has 0 amide bonds. The van der Waals surface area contributed by atoms with Gasteiger partial charge in [-0.2, -0.15) is 0 Å². The zero-order valence-corrected chi connectivity index (χ0v) is 10.9. The standard InChI is InChI=1S/C11H21NS2/c1-3-5-6-10(4-2)9-14-11-12-7-8-13-11/h10H,3-9H2,1-2H3. The van der Waals surface area contributed by atoms with Gasteiger partial charge >= 0.3 is 0 Å². The summed E-state index contributed by atoms with van der Waals surface area (Å²) in [7, 11) is 0. The van der Waals surface area contributed by atoms with Crippen LogP contribution in [0.5, 0.6) is 0 Å². The third-order valence-electron chi connectivity index (χ3n) is 2.54. The normalized spacial score (nSPS) is 18.3. The first-order chi connectivity index (χ1) is 6.86. The molecule has 1 nitrogen and oxygen atoms in total. The number of thioether (sulfide) groups is 2. The molecule has 0 N–H and O–H groups in total. The van der Waals surface area contributed by atoms with Crippen molar-refractivity contribution >= 4 is 27.9 Å². The molecule has 82 valence electrons. The topological polar surface area (TPSA) is 12.4 Å². The first kappa shape index (κ1) is 12.4. The van der Waals surface area contributed by atoms with E-state index in [1.807, 2.05) is 23.5 Å². The Morgan fingerprint density at radius 2 is 2.36 bits per heavy atom. The molecule has 0 fully saturated rings. The molecule has 0 aromatic heterocycles. The highest BCUT2D eigenvalue weighted by molar-refractivity contribution is 8.39. The fraction of sp³-hybridized carbons (Fsp3) is 0.909. The van der Waals surface area contributed by atoms with Crippen LogP contribution in [-0.4, -0.2) is 22.4 Å². The molecule has 0 bridgehead atoms. The average Bonchev–Trinajstić information content (AvgIpc) is 2.71. The maximum atomic E-state index is 4.46. The summed E-state index contributed by atoms with van der Waals surface area (Å²) in [5.41, 5.74) is 0. The molecule has 1 heterocycles. The molecule has 0 aromatic carbocycles. The molecule has 0 aliphatic carbocycles. The van der Waals surface area contributed by atoms with Crippen LogP contribution in [0.4, 0.5) is 0 Å². The van der Waals surface area contributed by atoms with Gasteiger partial charge in [-0.25, -0.2) is 0 Å². The van der Waals surface area contributed by atoms with E-state index in [9.17, 15) is 0 Å². The van der Waals surface area contributed by atoms with E-state index in [4.69, 9.17) is 0 Å². The molecule has 14 heavy (non-hydrogen) atoms. The summed E-state index contributed by atoms with van der Waals surface area (Å²) in [6.07, 6.45) is 5.44. The third kappa shape index (κ3) is 4.74. The van der Waals surface area contributed by atoms with Crippen molar-refractivity contribution < 1.29 is 0 Å². The Bertz CT molecular complexity index is 180. The Hall–Kier alpha value is 0.370. The second-order valence-corrected chi connectivity index (χ2v) is 6.07. The number of aliphatic imine (C=N–C) groups is 1. The average molecular weight is 231 g/mol. The van der Waals surface area contributed by atoms with E-state index in [0.29, 0.717) is 0 Å². The van der Waals surface area contributed by atoms with Gasteiger partial charge in [-0.05, 0) is 12.3 Å². The molecule has 0 radical (unpaired) electrons. The van der Waals surface area contributed by atoms with Gasteiger partial charge in [-0.3, -0.25) is 4.99 Å². The molecule has 1 unspecified atom stereocenters. The van der Waals surface area contributed by atoms with Gasteiger partial charge < -0.3 is 0 Å². The Morgan fingerprint density at radius 3 is 2.93 bits per heavy atom. The summed E-state index contributed by atoms with van der Waals surface area (Å²) in [6, 6.07) is 0. The zero-order valence-electron chi connectivity index (χ0n) is 9.29. The summed E-state index contributed by atoms with van der Waals surface area (Å²) in [4.78, 5) is 4.46. The lowest BCUT2D eigenvalue weighted by atomic mass is 10.0. The van der Waals surface area contributed by atoms with E-state index in [2.05, 4.69) is 18.8 Å². The zero-order chi connectivity index (χ0) is 10.2. The monoisotopic (exact) mass is 231 g/mol. The van der Waals surface area contributed by atoms with Crippen LogP contribution in [0, 0.1) is 5.92 Å². The summed E-state index contributed by atoms with van der Waals surface area (Å²) in [5, 5.41) is 0. The number of rotatable bonds is 6. The minimum atomic E-state index is 0.906. The lowest BCUT2D eigenvalue weighted by Gasteiger charge is -2.13. The molecular formula is C11H21NS2. The molecule has 3 heteroatoms. The van der Waals surface area contributed by atoms with Crippen LogP contribution < -0.4 is 0 Å². The van der Waals surface area contributed by atoms with Crippen molar-refractivity contribution in [2.75, 3.05) is 18.1 Å². The number of hydrogen-bond donors (Lipinski definition) is 0. The van der Waals surface area contributed by atoms with Crippen LogP contribution in [-0.2, 0) is 0 Å². The minimum Gasteiger partial charge on any atom is -0.271 e. The van der Waals surface area contributed by atoms with Gasteiger partial charge in [0.1, 0.15) is 4.38 Å². The Labute approximate surface area is 96.5 Å². The van der Waals surface area contributed by atoms with Crippen molar-refractivity contribution in [2.24, 2.45) is 10.9 Å². The van der Waals surface area contributed by atoms with Crippen molar-refractivity contribution in [3.05, 3.63) is 0 Å². The SMILES string of the molecule is CCCCC(CC)CSC1=NCCS1. The van der Waals surface area contributed by atoms with E-state index in [-0.39, 0.29) is 0 Å². The van der Waals surface area contributed by atoms with Gasteiger partial charge in [0.2, 0.25) is 0 Å². The number of hydrogen-bond acceptors (Lipinski definition) is 3. The van der Waals surface area contributed by atoms with Crippen LogP contribution in [0.25, 0.3) is 0 Å². The van der Waals surface area contributed by atoms with E-state index in [0.717, 1.165) is 12.5 Å². The van der Waals surface area contributed by atoms with Gasteiger partial charge in [0, 0.05) is 11.5 Å². The van der Waals surface area contributed by atoms with Crippen molar-refractivity contribution in [3.8, 4) is 0 Å². The first-order valence-corrected chi connectivity index (χ1v) is 7.64. The summed E-state index contributed by atoms with van der Waals surface area (Å²) < 4.78 is 1.33. The van der Waals surface area contributed by atoms with Gasteiger partial charge in [-0.15, -0.1) is 0 Å². The summed E-state index contributed by atoms with van der Waals surface area (Å²) in [6.45, 7) is 5.63. The fourth-order valence-corrected chi connectivity index (χ4v) is 3.78. The first-order valence-electron chi connectivity index (χ1n) is 5.66. The molecule has 1 atom stereocenters. The molecular weight excluding hydrogens is 210 g/mol. The van der Waals surface area contributed by atoms with Crippen LogP contribution in [0.3, 0.4) is 0 Å². The van der Waals surface area contributed by atoms with Gasteiger partial charge in [0.25, 0.3) is 0 Å². The molecule has 0 saturated heterocycles. The number of unbranched alkanes of at least 4 members (excludes halogenated alkanes) is 1. The largest absolute Gasteiger partial charge is 0.271 e. The van der Waals surface area contributed by atoms with Crippen LogP contribution in [0.2, 0.25) is 0 Å². The van der Waals surface area contributed by atoms with E-state index in [1.165, 1.54) is 41.6 Å². The molecule has 1 rings (SSSR count). The van der Waals surface area contributed by atoms with Crippen molar-refractivity contribution in [1.82, 2.24) is 0 Å². The highest BCUT2D eigenvalue weighted by Crippen LogP contribution is 2.26. The maximum absolute atomic E-state index is 4.46. The quantitative estimate of drug-likeness (QED) is 0.684. The Morgan fingerprint density at radius 1 is 1.50 bits per heavy atom. The molecule has 0 aromatic rings.